The van der Waals surface area contributed by atoms with Crippen LogP contribution in [0.3, 0.4) is 0 Å². The molecule has 0 saturated heterocycles. The van der Waals surface area contributed by atoms with Gasteiger partial charge in [-0.05, 0) is 61.3 Å². The van der Waals surface area contributed by atoms with Gasteiger partial charge in [-0.3, -0.25) is 0 Å². The first kappa shape index (κ1) is 16.9. The minimum absolute atomic E-state index is 0.716. The molecule has 1 fully saturated rings. The number of hydrogen-bond donors (Lipinski definition) is 1. The van der Waals surface area contributed by atoms with Crippen LogP contribution in [0.25, 0.3) is 0 Å². The van der Waals surface area contributed by atoms with Gasteiger partial charge in [-0.2, -0.15) is 0 Å². The zero-order chi connectivity index (χ0) is 15.2. The van der Waals surface area contributed by atoms with E-state index in [1.54, 1.807) is 0 Å². The number of rotatable bonds is 6. The highest BCUT2D eigenvalue weighted by atomic mass is 32.2. The van der Waals surface area contributed by atoms with Crippen LogP contribution in [-0.4, -0.2) is 11.8 Å². The zero-order valence-corrected chi connectivity index (χ0v) is 14.9. The van der Waals surface area contributed by atoms with Gasteiger partial charge >= 0.3 is 0 Å². The van der Waals surface area contributed by atoms with E-state index in [9.17, 15) is 0 Å². The minimum atomic E-state index is 0.716. The van der Waals surface area contributed by atoms with Crippen LogP contribution < -0.4 is 5.32 Å². The third-order valence-electron chi connectivity index (χ3n) is 4.63. The molecule has 0 aromatic heterocycles. The van der Waals surface area contributed by atoms with Gasteiger partial charge in [-0.25, -0.2) is 0 Å². The number of thioether (sulfide) groups is 1. The van der Waals surface area contributed by atoms with Gasteiger partial charge < -0.3 is 5.32 Å². The Balaban J connectivity index is 1.86. The predicted octanol–water partition coefficient (Wildman–Crippen LogP) is 5.35. The van der Waals surface area contributed by atoms with Crippen LogP contribution >= 0.6 is 11.8 Å². The summed E-state index contributed by atoms with van der Waals surface area (Å²) in [5.74, 6) is 2.51. The number of hydrogen-bond acceptors (Lipinski definition) is 2. The molecule has 118 valence electrons. The van der Waals surface area contributed by atoms with Gasteiger partial charge in [0.25, 0.3) is 0 Å². The van der Waals surface area contributed by atoms with E-state index in [1.807, 2.05) is 0 Å². The Morgan fingerprint density at radius 1 is 1.19 bits per heavy atom. The maximum atomic E-state index is 3.54. The normalized spacial score (nSPS) is 26.2. The second-order valence-electron chi connectivity index (χ2n) is 7.18. The Bertz CT molecular complexity index is 429. The van der Waals surface area contributed by atoms with Gasteiger partial charge in [-0.15, -0.1) is 11.8 Å². The molecule has 1 aliphatic carbocycles. The summed E-state index contributed by atoms with van der Waals surface area (Å²) in [5.41, 5.74) is 1.41. The lowest BCUT2D eigenvalue weighted by molar-refractivity contribution is 0.283. The standard InChI is InChI=1S/C19H31NS/c1-14(2)12-20-13-17-6-5-7-18(11-17)21-19-9-8-15(3)16(4)10-19/h5-7,11,14-16,19-20H,8-10,12-13H2,1-4H3. The Morgan fingerprint density at radius 3 is 2.71 bits per heavy atom. The van der Waals surface area contributed by atoms with Gasteiger partial charge in [0, 0.05) is 16.7 Å². The van der Waals surface area contributed by atoms with Crippen LogP contribution in [-0.2, 0) is 6.54 Å². The van der Waals surface area contributed by atoms with Crippen molar-refractivity contribution in [2.75, 3.05) is 6.54 Å². The molecule has 0 heterocycles. The van der Waals surface area contributed by atoms with Crippen LogP contribution in [0.2, 0.25) is 0 Å². The SMILES string of the molecule is CC(C)CNCc1cccc(SC2CCC(C)C(C)C2)c1. The van der Waals surface area contributed by atoms with Crippen LogP contribution in [0.4, 0.5) is 0 Å². The molecule has 1 aromatic rings. The lowest BCUT2D eigenvalue weighted by Crippen LogP contribution is -2.22. The molecule has 0 amide bonds. The van der Waals surface area contributed by atoms with Crippen LogP contribution in [0.5, 0.6) is 0 Å². The Morgan fingerprint density at radius 2 is 2.00 bits per heavy atom. The van der Waals surface area contributed by atoms with Gasteiger partial charge in [-0.1, -0.05) is 39.8 Å². The highest BCUT2D eigenvalue weighted by Crippen LogP contribution is 2.38. The molecule has 0 aliphatic heterocycles. The Kier molecular flexibility index (Phi) is 6.63. The lowest BCUT2D eigenvalue weighted by Gasteiger charge is -2.31. The van der Waals surface area contributed by atoms with Crippen molar-refractivity contribution in [1.82, 2.24) is 5.32 Å². The second kappa shape index (κ2) is 8.24. The number of benzene rings is 1. The quantitative estimate of drug-likeness (QED) is 0.760. The molecule has 1 aliphatic rings. The summed E-state index contributed by atoms with van der Waals surface area (Å²) in [6, 6.07) is 9.10. The summed E-state index contributed by atoms with van der Waals surface area (Å²) in [5, 5.41) is 4.35. The van der Waals surface area contributed by atoms with Crippen molar-refractivity contribution < 1.29 is 0 Å². The summed E-state index contributed by atoms with van der Waals surface area (Å²) in [6.07, 6.45) is 4.15. The van der Waals surface area contributed by atoms with Crippen molar-refractivity contribution in [2.24, 2.45) is 17.8 Å². The van der Waals surface area contributed by atoms with Gasteiger partial charge in [0.05, 0.1) is 0 Å². The average molecular weight is 306 g/mol. The van der Waals surface area contributed by atoms with Gasteiger partial charge in [0.15, 0.2) is 0 Å². The Labute approximate surface area is 135 Å². The third-order valence-corrected chi connectivity index (χ3v) is 5.92. The molecule has 2 heteroatoms. The fraction of sp³-hybridized carbons (Fsp3) is 0.684. The first-order valence-corrected chi connectivity index (χ1v) is 9.39. The van der Waals surface area contributed by atoms with Crippen LogP contribution in [0, 0.1) is 17.8 Å². The predicted molar refractivity (Wildman–Crippen MR) is 94.8 cm³/mol. The second-order valence-corrected chi connectivity index (χ2v) is 8.55. The fourth-order valence-corrected chi connectivity index (χ4v) is 4.45. The van der Waals surface area contributed by atoms with Crippen molar-refractivity contribution in [2.45, 2.75) is 63.6 Å². The van der Waals surface area contributed by atoms with Gasteiger partial charge in [0.1, 0.15) is 0 Å². The molecule has 1 nitrogen and oxygen atoms in total. The maximum absolute atomic E-state index is 3.54. The summed E-state index contributed by atoms with van der Waals surface area (Å²) >= 11 is 2.10. The van der Waals surface area contributed by atoms with Crippen molar-refractivity contribution in [1.29, 1.82) is 0 Å². The van der Waals surface area contributed by atoms with E-state index in [4.69, 9.17) is 0 Å². The molecule has 0 radical (unpaired) electrons. The summed E-state index contributed by atoms with van der Waals surface area (Å²) in [6.45, 7) is 11.4. The lowest BCUT2D eigenvalue weighted by atomic mass is 9.81. The van der Waals surface area contributed by atoms with E-state index >= 15 is 0 Å². The maximum Gasteiger partial charge on any atom is 0.0206 e. The van der Waals surface area contributed by atoms with E-state index in [0.717, 1.165) is 30.2 Å². The molecule has 0 bridgehead atoms. The molecular weight excluding hydrogens is 274 g/mol. The summed E-state index contributed by atoms with van der Waals surface area (Å²) in [4.78, 5) is 1.45. The van der Waals surface area contributed by atoms with E-state index in [-0.39, 0.29) is 0 Å². The summed E-state index contributed by atoms with van der Waals surface area (Å²) in [7, 11) is 0. The van der Waals surface area contributed by atoms with Crippen molar-refractivity contribution in [3.05, 3.63) is 29.8 Å². The molecule has 1 aromatic carbocycles. The van der Waals surface area contributed by atoms with Crippen molar-refractivity contribution in [3.8, 4) is 0 Å². The van der Waals surface area contributed by atoms with Crippen molar-refractivity contribution >= 4 is 11.8 Å². The molecule has 21 heavy (non-hydrogen) atoms. The smallest absolute Gasteiger partial charge is 0.0206 e. The molecule has 2 rings (SSSR count). The minimum Gasteiger partial charge on any atom is -0.312 e. The topological polar surface area (TPSA) is 12.0 Å². The first-order chi connectivity index (χ1) is 10.0. The molecular formula is C19H31NS. The van der Waals surface area contributed by atoms with Crippen LogP contribution in [0.1, 0.15) is 52.5 Å². The van der Waals surface area contributed by atoms with Crippen molar-refractivity contribution in [3.63, 3.8) is 0 Å². The molecule has 3 atom stereocenters. The van der Waals surface area contributed by atoms with E-state index < -0.39 is 0 Å². The van der Waals surface area contributed by atoms with E-state index in [1.165, 1.54) is 29.7 Å². The first-order valence-electron chi connectivity index (χ1n) is 8.51. The highest BCUT2D eigenvalue weighted by Gasteiger charge is 2.25. The molecule has 1 saturated carbocycles. The largest absolute Gasteiger partial charge is 0.312 e. The van der Waals surface area contributed by atoms with E-state index in [2.05, 4.69) is 69.0 Å². The third kappa shape index (κ3) is 5.67. The molecule has 3 unspecified atom stereocenters. The fourth-order valence-electron chi connectivity index (χ4n) is 3.03. The average Bonchev–Trinajstić information content (AvgIpc) is 2.43. The zero-order valence-electron chi connectivity index (χ0n) is 14.1. The van der Waals surface area contributed by atoms with E-state index in [0.29, 0.717) is 5.92 Å². The van der Waals surface area contributed by atoms with Gasteiger partial charge in [0.2, 0.25) is 0 Å². The highest BCUT2D eigenvalue weighted by molar-refractivity contribution is 8.00. The van der Waals surface area contributed by atoms with Crippen LogP contribution in [0.15, 0.2) is 29.2 Å². The number of nitrogens with one attached hydrogen (secondary N) is 1. The molecule has 0 spiro atoms. The summed E-state index contributed by atoms with van der Waals surface area (Å²) < 4.78 is 0. The Hall–Kier alpha value is -0.470. The molecule has 1 N–H and O–H groups in total. The monoisotopic (exact) mass is 305 g/mol.